The lowest BCUT2D eigenvalue weighted by Crippen LogP contribution is -2.35. The van der Waals surface area contributed by atoms with Gasteiger partial charge in [0.2, 0.25) is 0 Å². The Bertz CT molecular complexity index is 437. The summed E-state index contributed by atoms with van der Waals surface area (Å²) in [7, 11) is 3.66. The summed E-state index contributed by atoms with van der Waals surface area (Å²) in [6.45, 7) is 0. The maximum absolute atomic E-state index is 11.2. The smallest absolute Gasteiger partial charge is 0.137 e. The summed E-state index contributed by atoms with van der Waals surface area (Å²) in [6.07, 6.45) is 3.25. The second kappa shape index (κ2) is 5.61. The van der Waals surface area contributed by atoms with Gasteiger partial charge in [-0.2, -0.15) is 0 Å². The fraction of sp³-hybridized carbons (Fsp3) is 0.500. The number of nitrogens with zero attached hydrogens (tertiary/aromatic N) is 1. The van der Waals surface area contributed by atoms with Gasteiger partial charge in [0.15, 0.2) is 0 Å². The lowest BCUT2D eigenvalue weighted by Gasteiger charge is -2.32. The zero-order valence-corrected chi connectivity index (χ0v) is 11.5. The summed E-state index contributed by atoms with van der Waals surface area (Å²) >= 11 is 6.13. The topological polar surface area (TPSA) is 29.5 Å². The first kappa shape index (κ1) is 13.2. The van der Waals surface area contributed by atoms with Crippen LogP contribution in [0.1, 0.15) is 25.7 Å². The third-order valence-corrected chi connectivity index (χ3v) is 3.90. The van der Waals surface area contributed by atoms with Crippen molar-refractivity contribution in [2.45, 2.75) is 31.7 Å². The van der Waals surface area contributed by atoms with Crippen LogP contribution in [0.5, 0.6) is 5.75 Å². The van der Waals surface area contributed by atoms with E-state index < -0.39 is 0 Å². The molecule has 4 heteroatoms. The van der Waals surface area contributed by atoms with Crippen LogP contribution in [0.25, 0.3) is 0 Å². The molecule has 0 N–H and O–H groups in total. The van der Waals surface area contributed by atoms with Crippen molar-refractivity contribution in [1.82, 2.24) is 0 Å². The summed E-state index contributed by atoms with van der Waals surface area (Å²) in [5.41, 5.74) is 1.07. The van der Waals surface area contributed by atoms with Crippen LogP contribution < -0.4 is 9.64 Å². The van der Waals surface area contributed by atoms with Gasteiger partial charge in [-0.05, 0) is 31.0 Å². The summed E-state index contributed by atoms with van der Waals surface area (Å²) in [5.74, 6) is 1.07. The molecule has 18 heavy (non-hydrogen) atoms. The number of hydrogen-bond acceptors (Lipinski definition) is 3. The van der Waals surface area contributed by atoms with E-state index in [9.17, 15) is 4.79 Å². The number of ether oxygens (including phenoxy) is 1. The van der Waals surface area contributed by atoms with Crippen LogP contribution in [0.15, 0.2) is 18.2 Å². The Morgan fingerprint density at radius 1 is 1.33 bits per heavy atom. The highest BCUT2D eigenvalue weighted by molar-refractivity contribution is 6.32. The maximum Gasteiger partial charge on any atom is 0.137 e. The van der Waals surface area contributed by atoms with E-state index in [1.165, 1.54) is 0 Å². The number of ketones is 1. The quantitative estimate of drug-likeness (QED) is 0.842. The average molecular weight is 268 g/mol. The highest BCUT2D eigenvalue weighted by Crippen LogP contribution is 2.31. The fourth-order valence-electron chi connectivity index (χ4n) is 2.40. The molecule has 0 aromatic heterocycles. The molecule has 98 valence electrons. The predicted octanol–water partition coefficient (Wildman–Crippen LogP) is 3.30. The second-order valence-electron chi connectivity index (χ2n) is 4.70. The van der Waals surface area contributed by atoms with E-state index in [0.717, 1.165) is 18.5 Å². The number of carbonyl (C=O) groups excluding carboxylic acids is 1. The molecule has 1 aromatic rings. The Balaban J connectivity index is 2.11. The van der Waals surface area contributed by atoms with Crippen LogP contribution in [0, 0.1) is 0 Å². The van der Waals surface area contributed by atoms with Gasteiger partial charge in [0, 0.05) is 31.6 Å². The van der Waals surface area contributed by atoms with Gasteiger partial charge < -0.3 is 9.64 Å². The number of methoxy groups -OCH3 is 1. The normalized spacial score (nSPS) is 16.7. The SMILES string of the molecule is COc1ccc(N(C)C2CCC(=O)CC2)cc1Cl. The minimum atomic E-state index is 0.382. The van der Waals surface area contributed by atoms with Crippen molar-refractivity contribution in [3.05, 3.63) is 23.2 Å². The third kappa shape index (κ3) is 2.78. The first-order valence-corrected chi connectivity index (χ1v) is 6.57. The number of hydrogen-bond donors (Lipinski definition) is 0. The van der Waals surface area contributed by atoms with Crippen molar-refractivity contribution in [3.63, 3.8) is 0 Å². The molecule has 0 atom stereocenters. The van der Waals surface area contributed by atoms with Crippen LogP contribution in [-0.2, 0) is 4.79 Å². The molecule has 0 saturated heterocycles. The van der Waals surface area contributed by atoms with E-state index in [2.05, 4.69) is 11.9 Å². The van der Waals surface area contributed by atoms with Crippen LogP contribution in [0.3, 0.4) is 0 Å². The number of carbonyl (C=O) groups is 1. The monoisotopic (exact) mass is 267 g/mol. The van der Waals surface area contributed by atoms with Gasteiger partial charge in [0.05, 0.1) is 12.1 Å². The number of Topliss-reactive ketones (excluding diaryl/α,β-unsaturated/α-hetero) is 1. The van der Waals surface area contributed by atoms with Crippen molar-refractivity contribution in [1.29, 1.82) is 0 Å². The Morgan fingerprint density at radius 2 is 2.00 bits per heavy atom. The first-order chi connectivity index (χ1) is 8.61. The molecule has 1 aliphatic rings. The molecule has 0 heterocycles. The molecule has 0 unspecified atom stereocenters. The molecule has 1 aliphatic carbocycles. The zero-order valence-electron chi connectivity index (χ0n) is 10.8. The van der Waals surface area contributed by atoms with E-state index in [1.807, 2.05) is 18.2 Å². The van der Waals surface area contributed by atoms with Crippen molar-refractivity contribution in [2.24, 2.45) is 0 Å². The molecule has 0 radical (unpaired) electrons. The van der Waals surface area contributed by atoms with Crippen LogP contribution in [-0.4, -0.2) is 26.0 Å². The molecule has 0 amide bonds. The number of anilines is 1. The van der Waals surface area contributed by atoms with E-state index in [0.29, 0.717) is 35.4 Å². The number of halogens is 1. The van der Waals surface area contributed by atoms with Crippen LogP contribution in [0.2, 0.25) is 5.02 Å². The summed E-state index contributed by atoms with van der Waals surface area (Å²) < 4.78 is 5.14. The van der Waals surface area contributed by atoms with Gasteiger partial charge in [0.25, 0.3) is 0 Å². The van der Waals surface area contributed by atoms with Gasteiger partial charge in [-0.15, -0.1) is 0 Å². The van der Waals surface area contributed by atoms with E-state index in [4.69, 9.17) is 16.3 Å². The number of benzene rings is 1. The first-order valence-electron chi connectivity index (χ1n) is 6.20. The molecule has 0 bridgehead atoms. The fourth-order valence-corrected chi connectivity index (χ4v) is 2.65. The Morgan fingerprint density at radius 3 is 2.56 bits per heavy atom. The summed E-state index contributed by atoms with van der Waals surface area (Å²) in [6, 6.07) is 6.22. The predicted molar refractivity (Wildman–Crippen MR) is 73.7 cm³/mol. The van der Waals surface area contributed by atoms with E-state index >= 15 is 0 Å². The van der Waals surface area contributed by atoms with Crippen molar-refractivity contribution < 1.29 is 9.53 Å². The van der Waals surface area contributed by atoms with Crippen molar-refractivity contribution >= 4 is 23.1 Å². The number of rotatable bonds is 3. The minimum absolute atomic E-state index is 0.382. The maximum atomic E-state index is 11.2. The largest absolute Gasteiger partial charge is 0.495 e. The summed E-state index contributed by atoms with van der Waals surface area (Å²) in [4.78, 5) is 13.5. The third-order valence-electron chi connectivity index (χ3n) is 3.60. The molecule has 2 rings (SSSR count). The minimum Gasteiger partial charge on any atom is -0.495 e. The average Bonchev–Trinajstić information content (AvgIpc) is 2.38. The molecule has 3 nitrogen and oxygen atoms in total. The highest BCUT2D eigenvalue weighted by atomic mass is 35.5. The van der Waals surface area contributed by atoms with Crippen LogP contribution >= 0.6 is 11.6 Å². The molecule has 0 spiro atoms. The van der Waals surface area contributed by atoms with E-state index in [1.54, 1.807) is 7.11 Å². The Kier molecular flexibility index (Phi) is 4.12. The lowest BCUT2D eigenvalue weighted by molar-refractivity contribution is -0.120. The Hall–Kier alpha value is -1.22. The summed E-state index contributed by atoms with van der Waals surface area (Å²) in [5, 5.41) is 0.619. The van der Waals surface area contributed by atoms with Gasteiger partial charge in [-0.25, -0.2) is 0 Å². The van der Waals surface area contributed by atoms with E-state index in [-0.39, 0.29) is 0 Å². The molecular weight excluding hydrogens is 250 g/mol. The standard InChI is InChI=1S/C14H18ClNO2/c1-16(10-3-6-12(17)7-4-10)11-5-8-14(18-2)13(15)9-11/h5,8-10H,3-4,6-7H2,1-2H3. The lowest BCUT2D eigenvalue weighted by atomic mass is 9.93. The molecule has 1 saturated carbocycles. The van der Waals surface area contributed by atoms with Gasteiger partial charge in [-0.1, -0.05) is 11.6 Å². The van der Waals surface area contributed by atoms with Gasteiger partial charge in [-0.3, -0.25) is 4.79 Å². The second-order valence-corrected chi connectivity index (χ2v) is 5.11. The van der Waals surface area contributed by atoms with Gasteiger partial charge in [0.1, 0.15) is 11.5 Å². The van der Waals surface area contributed by atoms with Crippen molar-refractivity contribution in [2.75, 3.05) is 19.1 Å². The Labute approximate surface area is 113 Å². The highest BCUT2D eigenvalue weighted by Gasteiger charge is 2.22. The molecule has 1 aromatic carbocycles. The van der Waals surface area contributed by atoms with Crippen molar-refractivity contribution in [3.8, 4) is 5.75 Å². The van der Waals surface area contributed by atoms with Gasteiger partial charge >= 0.3 is 0 Å². The molecule has 0 aliphatic heterocycles. The molecular formula is C14H18ClNO2. The molecule has 1 fully saturated rings. The van der Waals surface area contributed by atoms with Crippen LogP contribution in [0.4, 0.5) is 5.69 Å². The zero-order chi connectivity index (χ0) is 13.1.